The van der Waals surface area contributed by atoms with Crippen LogP contribution in [0.4, 0.5) is 4.39 Å². The van der Waals surface area contributed by atoms with Crippen LogP contribution in [-0.2, 0) is 5.75 Å². The third kappa shape index (κ3) is 3.03. The molecule has 0 N–H and O–H groups in total. The van der Waals surface area contributed by atoms with Gasteiger partial charge in [-0.1, -0.05) is 23.9 Å². The number of nitrogens with zero attached hydrogens (tertiary/aromatic N) is 4. The Morgan fingerprint density at radius 2 is 2.10 bits per heavy atom. The third-order valence-corrected chi connectivity index (χ3v) is 3.66. The topological polar surface area (TPSA) is 43.6 Å². The van der Waals surface area contributed by atoms with E-state index in [4.69, 9.17) is 0 Å². The first-order chi connectivity index (χ1) is 9.81. The molecule has 0 aliphatic rings. The second kappa shape index (κ2) is 5.83. The quantitative estimate of drug-likeness (QED) is 0.691. The molecule has 2 heterocycles. The van der Waals surface area contributed by atoms with E-state index in [9.17, 15) is 4.39 Å². The van der Waals surface area contributed by atoms with Crippen molar-refractivity contribution in [3.8, 4) is 5.82 Å². The summed E-state index contributed by atoms with van der Waals surface area (Å²) < 4.78 is 14.8. The maximum atomic E-state index is 13.1. The lowest BCUT2D eigenvalue weighted by atomic mass is 10.2. The molecule has 0 fully saturated rings. The van der Waals surface area contributed by atoms with Crippen LogP contribution >= 0.6 is 11.8 Å². The van der Waals surface area contributed by atoms with E-state index in [1.807, 2.05) is 24.4 Å². The number of rotatable bonds is 4. The van der Waals surface area contributed by atoms with Gasteiger partial charge in [0.05, 0.1) is 0 Å². The summed E-state index contributed by atoms with van der Waals surface area (Å²) in [4.78, 5) is 3.96. The van der Waals surface area contributed by atoms with E-state index < -0.39 is 0 Å². The smallest absolute Gasteiger partial charge is 0.160 e. The van der Waals surface area contributed by atoms with Crippen molar-refractivity contribution >= 4 is 11.8 Å². The number of benzene rings is 1. The van der Waals surface area contributed by atoms with Gasteiger partial charge in [0, 0.05) is 18.1 Å². The minimum Gasteiger partial charge on any atom is -0.289 e. The molecule has 0 atom stereocenters. The molecule has 0 spiro atoms. The van der Waals surface area contributed by atoms with Crippen LogP contribution in [-0.4, -0.2) is 19.7 Å². The van der Waals surface area contributed by atoms with E-state index >= 15 is 0 Å². The van der Waals surface area contributed by atoms with Gasteiger partial charge in [-0.15, -0.1) is 10.2 Å². The molecule has 0 saturated heterocycles. The summed E-state index contributed by atoms with van der Waals surface area (Å²) in [6, 6.07) is 10.3. The molecule has 0 amide bonds. The molecule has 3 rings (SSSR count). The van der Waals surface area contributed by atoms with Crippen LogP contribution in [0.2, 0.25) is 0 Å². The second-order valence-corrected chi connectivity index (χ2v) is 5.11. The molecule has 20 heavy (non-hydrogen) atoms. The lowest BCUT2D eigenvalue weighted by molar-refractivity contribution is 0.626. The van der Waals surface area contributed by atoms with Gasteiger partial charge in [-0.05, 0) is 29.8 Å². The maximum absolute atomic E-state index is 13.1. The first kappa shape index (κ1) is 12.8. The number of halogens is 1. The standard InChI is InChI=1S/C14H11FN4S/c15-12-3-1-2-11(8-12)9-20-14-5-4-13(17-18-14)19-7-6-16-10-19/h1-8,10H,9H2. The highest BCUT2D eigenvalue weighted by Gasteiger charge is 2.02. The number of hydrogen-bond donors (Lipinski definition) is 0. The fourth-order valence-electron chi connectivity index (χ4n) is 1.71. The van der Waals surface area contributed by atoms with Gasteiger partial charge in [-0.2, -0.15) is 0 Å². The highest BCUT2D eigenvalue weighted by molar-refractivity contribution is 7.98. The van der Waals surface area contributed by atoms with Crippen LogP contribution in [0.15, 0.2) is 60.1 Å². The van der Waals surface area contributed by atoms with Gasteiger partial charge in [0.25, 0.3) is 0 Å². The highest BCUT2D eigenvalue weighted by atomic mass is 32.2. The van der Waals surface area contributed by atoms with Crippen LogP contribution in [0.25, 0.3) is 5.82 Å². The minimum absolute atomic E-state index is 0.218. The van der Waals surface area contributed by atoms with Crippen LogP contribution < -0.4 is 0 Å². The summed E-state index contributed by atoms with van der Waals surface area (Å²) in [5.41, 5.74) is 0.926. The second-order valence-electron chi connectivity index (χ2n) is 4.12. The molecule has 0 unspecified atom stereocenters. The van der Waals surface area contributed by atoms with E-state index in [0.717, 1.165) is 16.4 Å². The van der Waals surface area contributed by atoms with Crippen LogP contribution in [0.5, 0.6) is 0 Å². The third-order valence-electron chi connectivity index (χ3n) is 2.67. The lowest BCUT2D eigenvalue weighted by Crippen LogP contribution is -1.96. The summed E-state index contributed by atoms with van der Waals surface area (Å²) in [6.07, 6.45) is 5.17. The summed E-state index contributed by atoms with van der Waals surface area (Å²) in [5, 5.41) is 9.08. The van der Waals surface area contributed by atoms with Crippen molar-refractivity contribution in [2.45, 2.75) is 10.8 Å². The van der Waals surface area contributed by atoms with E-state index in [-0.39, 0.29) is 5.82 Å². The lowest BCUT2D eigenvalue weighted by Gasteiger charge is -2.03. The molecule has 0 radical (unpaired) electrons. The Labute approximate surface area is 119 Å². The fourth-order valence-corrected chi connectivity index (χ4v) is 2.46. The Kier molecular flexibility index (Phi) is 3.73. The first-order valence-electron chi connectivity index (χ1n) is 6.00. The Balaban J connectivity index is 1.67. The molecule has 0 saturated carbocycles. The molecule has 0 aliphatic carbocycles. The number of thioether (sulfide) groups is 1. The molecule has 3 aromatic rings. The largest absolute Gasteiger partial charge is 0.289 e. The predicted octanol–water partition coefficient (Wildman–Crippen LogP) is 3.09. The molecule has 6 heteroatoms. The van der Waals surface area contributed by atoms with Crippen LogP contribution in [0.1, 0.15) is 5.56 Å². The van der Waals surface area contributed by atoms with Crippen LogP contribution in [0.3, 0.4) is 0 Å². The van der Waals surface area contributed by atoms with Gasteiger partial charge in [0.2, 0.25) is 0 Å². The number of hydrogen-bond acceptors (Lipinski definition) is 4. The summed E-state index contributed by atoms with van der Waals surface area (Å²) in [7, 11) is 0. The summed E-state index contributed by atoms with van der Waals surface area (Å²) in [6.45, 7) is 0. The molecular formula is C14H11FN4S. The maximum Gasteiger partial charge on any atom is 0.160 e. The SMILES string of the molecule is Fc1cccc(CSc2ccc(-n3ccnc3)nn2)c1. The van der Waals surface area contributed by atoms with Gasteiger partial charge >= 0.3 is 0 Å². The zero-order valence-corrected chi connectivity index (χ0v) is 11.3. The van der Waals surface area contributed by atoms with E-state index in [1.165, 1.54) is 23.9 Å². The van der Waals surface area contributed by atoms with Crippen molar-refractivity contribution in [1.82, 2.24) is 19.7 Å². The van der Waals surface area contributed by atoms with E-state index in [2.05, 4.69) is 15.2 Å². The van der Waals surface area contributed by atoms with Crippen molar-refractivity contribution < 1.29 is 4.39 Å². The van der Waals surface area contributed by atoms with Gasteiger partial charge in [-0.3, -0.25) is 4.57 Å². The fraction of sp³-hybridized carbons (Fsp3) is 0.0714. The average Bonchev–Trinajstić information content (AvgIpc) is 3.00. The molecule has 2 aromatic heterocycles. The number of aromatic nitrogens is 4. The molecule has 0 aliphatic heterocycles. The highest BCUT2D eigenvalue weighted by Crippen LogP contribution is 2.21. The molecule has 100 valence electrons. The Bertz CT molecular complexity index is 683. The molecule has 1 aromatic carbocycles. The van der Waals surface area contributed by atoms with Crippen LogP contribution in [0, 0.1) is 5.82 Å². The van der Waals surface area contributed by atoms with Crippen molar-refractivity contribution in [3.05, 3.63) is 66.5 Å². The van der Waals surface area contributed by atoms with E-state index in [0.29, 0.717) is 5.75 Å². The van der Waals surface area contributed by atoms with Crippen molar-refractivity contribution in [1.29, 1.82) is 0 Å². The van der Waals surface area contributed by atoms with Crippen molar-refractivity contribution in [2.24, 2.45) is 0 Å². The Morgan fingerprint density at radius 3 is 2.80 bits per heavy atom. The average molecular weight is 286 g/mol. The van der Waals surface area contributed by atoms with Crippen molar-refractivity contribution in [2.75, 3.05) is 0 Å². The van der Waals surface area contributed by atoms with Crippen molar-refractivity contribution in [3.63, 3.8) is 0 Å². The normalized spacial score (nSPS) is 10.7. The zero-order valence-electron chi connectivity index (χ0n) is 10.5. The van der Waals surface area contributed by atoms with Gasteiger partial charge < -0.3 is 0 Å². The minimum atomic E-state index is -0.218. The monoisotopic (exact) mass is 286 g/mol. The zero-order chi connectivity index (χ0) is 13.8. The first-order valence-corrected chi connectivity index (χ1v) is 6.99. The Hall–Kier alpha value is -2.21. The van der Waals surface area contributed by atoms with Gasteiger partial charge in [0.15, 0.2) is 5.82 Å². The number of imidazole rings is 1. The summed E-state index contributed by atoms with van der Waals surface area (Å²) >= 11 is 1.52. The molecule has 4 nitrogen and oxygen atoms in total. The van der Waals surface area contributed by atoms with Gasteiger partial charge in [0.1, 0.15) is 17.2 Å². The molecular weight excluding hydrogens is 275 g/mol. The Morgan fingerprint density at radius 1 is 1.15 bits per heavy atom. The molecule has 0 bridgehead atoms. The van der Waals surface area contributed by atoms with Gasteiger partial charge in [-0.25, -0.2) is 9.37 Å². The predicted molar refractivity (Wildman–Crippen MR) is 75.1 cm³/mol. The van der Waals surface area contributed by atoms with E-state index in [1.54, 1.807) is 23.2 Å². The summed E-state index contributed by atoms with van der Waals surface area (Å²) in [5.74, 6) is 1.17.